The summed E-state index contributed by atoms with van der Waals surface area (Å²) in [6, 6.07) is 4.96. The number of nitrogens with zero attached hydrogens (tertiary/aromatic N) is 1. The van der Waals surface area contributed by atoms with Gasteiger partial charge in [-0.1, -0.05) is 23.2 Å². The van der Waals surface area contributed by atoms with Crippen molar-refractivity contribution >= 4 is 40.7 Å². The lowest BCUT2D eigenvalue weighted by Crippen LogP contribution is -2.37. The molecule has 2 aliphatic heterocycles. The Hall–Kier alpha value is -1.30. The molecule has 0 saturated carbocycles. The van der Waals surface area contributed by atoms with Crippen LogP contribution >= 0.6 is 23.2 Å². The maximum absolute atomic E-state index is 12.3. The molecule has 0 aliphatic carbocycles. The number of rotatable bonds is 4. The standard InChI is InChI=1S/C16H18Cl2N2O3/c17-11-3-4-13(18)14(7-11)20-9-10(6-15(20)21)16(22)19-8-12-2-1-5-23-12/h3-4,7,10,12H,1-2,5-6,8-9H2,(H,19,22)/t10-,12-/m0/s1. The normalized spacial score (nSPS) is 24.3. The van der Waals surface area contributed by atoms with Crippen LogP contribution in [0.5, 0.6) is 0 Å². The fourth-order valence-electron chi connectivity index (χ4n) is 2.97. The zero-order valence-corrected chi connectivity index (χ0v) is 14.1. The lowest BCUT2D eigenvalue weighted by atomic mass is 10.1. The van der Waals surface area contributed by atoms with Crippen LogP contribution in [0.2, 0.25) is 10.0 Å². The molecule has 2 fully saturated rings. The van der Waals surface area contributed by atoms with Crippen LogP contribution in [-0.2, 0) is 14.3 Å². The summed E-state index contributed by atoms with van der Waals surface area (Å²) in [5.74, 6) is -0.611. The highest BCUT2D eigenvalue weighted by molar-refractivity contribution is 6.35. The molecule has 1 aromatic carbocycles. The van der Waals surface area contributed by atoms with E-state index in [9.17, 15) is 9.59 Å². The molecule has 2 aliphatic rings. The van der Waals surface area contributed by atoms with Crippen LogP contribution in [0.4, 0.5) is 5.69 Å². The molecule has 2 heterocycles. The second-order valence-corrected chi connectivity index (χ2v) is 6.72. The van der Waals surface area contributed by atoms with Crippen LogP contribution in [-0.4, -0.2) is 37.6 Å². The van der Waals surface area contributed by atoms with Crippen molar-refractivity contribution in [2.24, 2.45) is 5.92 Å². The van der Waals surface area contributed by atoms with E-state index in [1.165, 1.54) is 4.90 Å². The molecule has 0 bridgehead atoms. The van der Waals surface area contributed by atoms with Gasteiger partial charge in [0.25, 0.3) is 0 Å². The first-order valence-electron chi connectivity index (χ1n) is 7.69. The SMILES string of the molecule is O=C(NC[C@@H]1CCCO1)[C@H]1CC(=O)N(c2cc(Cl)ccc2Cl)C1. The highest BCUT2D eigenvalue weighted by Crippen LogP contribution is 2.33. The van der Waals surface area contributed by atoms with Gasteiger partial charge in [0.1, 0.15) is 0 Å². The smallest absolute Gasteiger partial charge is 0.227 e. The van der Waals surface area contributed by atoms with E-state index < -0.39 is 0 Å². The van der Waals surface area contributed by atoms with Crippen molar-refractivity contribution in [1.29, 1.82) is 0 Å². The molecule has 0 radical (unpaired) electrons. The number of carbonyl (C=O) groups is 2. The van der Waals surface area contributed by atoms with Crippen molar-refractivity contribution in [1.82, 2.24) is 5.32 Å². The van der Waals surface area contributed by atoms with E-state index >= 15 is 0 Å². The fraction of sp³-hybridized carbons (Fsp3) is 0.500. The minimum atomic E-state index is -0.376. The Labute approximate surface area is 144 Å². The maximum atomic E-state index is 12.3. The van der Waals surface area contributed by atoms with E-state index in [0.29, 0.717) is 28.8 Å². The van der Waals surface area contributed by atoms with Gasteiger partial charge in [0, 0.05) is 31.1 Å². The summed E-state index contributed by atoms with van der Waals surface area (Å²) in [6.45, 7) is 1.57. The molecule has 7 heteroatoms. The van der Waals surface area contributed by atoms with Gasteiger partial charge in [-0.2, -0.15) is 0 Å². The van der Waals surface area contributed by atoms with Crippen LogP contribution in [0.3, 0.4) is 0 Å². The van der Waals surface area contributed by atoms with Crippen molar-refractivity contribution < 1.29 is 14.3 Å². The number of benzene rings is 1. The number of hydrogen-bond donors (Lipinski definition) is 1. The first kappa shape index (κ1) is 16.6. The molecule has 124 valence electrons. The predicted molar refractivity (Wildman–Crippen MR) is 88.9 cm³/mol. The Balaban J connectivity index is 1.62. The minimum Gasteiger partial charge on any atom is -0.376 e. The van der Waals surface area contributed by atoms with Gasteiger partial charge in [0.05, 0.1) is 22.7 Å². The zero-order valence-electron chi connectivity index (χ0n) is 12.6. The Bertz CT molecular complexity index is 617. The highest BCUT2D eigenvalue weighted by Gasteiger charge is 2.36. The largest absolute Gasteiger partial charge is 0.376 e. The number of halogens is 2. The van der Waals surface area contributed by atoms with E-state index in [-0.39, 0.29) is 30.3 Å². The Morgan fingerprint density at radius 2 is 2.22 bits per heavy atom. The number of nitrogens with one attached hydrogen (secondary N) is 1. The fourth-order valence-corrected chi connectivity index (χ4v) is 3.36. The van der Waals surface area contributed by atoms with E-state index in [1.54, 1.807) is 18.2 Å². The summed E-state index contributed by atoms with van der Waals surface area (Å²) in [4.78, 5) is 26.0. The molecular formula is C16H18Cl2N2O3. The predicted octanol–water partition coefficient (Wildman–Crippen LogP) is 2.64. The zero-order chi connectivity index (χ0) is 16.4. The molecule has 1 N–H and O–H groups in total. The second kappa shape index (κ2) is 7.07. The molecule has 3 rings (SSSR count). The summed E-state index contributed by atoms with van der Waals surface area (Å²) in [5.41, 5.74) is 0.554. The molecular weight excluding hydrogens is 339 g/mol. The number of hydrogen-bond acceptors (Lipinski definition) is 3. The Morgan fingerprint density at radius 3 is 2.96 bits per heavy atom. The van der Waals surface area contributed by atoms with Gasteiger partial charge in [-0.05, 0) is 31.0 Å². The second-order valence-electron chi connectivity index (χ2n) is 5.88. The molecule has 23 heavy (non-hydrogen) atoms. The number of carbonyl (C=O) groups excluding carboxylic acids is 2. The third-order valence-electron chi connectivity index (χ3n) is 4.22. The van der Waals surface area contributed by atoms with Gasteiger partial charge >= 0.3 is 0 Å². The summed E-state index contributed by atoms with van der Waals surface area (Å²) in [5, 5.41) is 3.83. The van der Waals surface area contributed by atoms with Crippen molar-refractivity contribution in [3.63, 3.8) is 0 Å². The Morgan fingerprint density at radius 1 is 1.39 bits per heavy atom. The van der Waals surface area contributed by atoms with E-state index in [2.05, 4.69) is 5.32 Å². The van der Waals surface area contributed by atoms with E-state index in [0.717, 1.165) is 19.4 Å². The van der Waals surface area contributed by atoms with E-state index in [1.807, 2.05) is 0 Å². The van der Waals surface area contributed by atoms with Gasteiger partial charge < -0.3 is 15.0 Å². The van der Waals surface area contributed by atoms with Crippen LogP contribution in [0.1, 0.15) is 19.3 Å². The first-order chi connectivity index (χ1) is 11.0. The summed E-state index contributed by atoms with van der Waals surface area (Å²) in [7, 11) is 0. The monoisotopic (exact) mass is 356 g/mol. The minimum absolute atomic E-state index is 0.0922. The van der Waals surface area contributed by atoms with Crippen LogP contribution in [0, 0.1) is 5.92 Å². The van der Waals surface area contributed by atoms with Crippen LogP contribution < -0.4 is 10.2 Å². The van der Waals surface area contributed by atoms with Gasteiger partial charge in [-0.25, -0.2) is 0 Å². The summed E-state index contributed by atoms with van der Waals surface area (Å²) in [6.07, 6.45) is 2.27. The van der Waals surface area contributed by atoms with E-state index in [4.69, 9.17) is 27.9 Å². The molecule has 2 atom stereocenters. The number of anilines is 1. The molecule has 0 spiro atoms. The number of amides is 2. The summed E-state index contributed by atoms with van der Waals surface area (Å²) >= 11 is 12.1. The Kier molecular flexibility index (Phi) is 5.09. The average Bonchev–Trinajstić information content (AvgIpc) is 3.17. The third-order valence-corrected chi connectivity index (χ3v) is 4.78. The third kappa shape index (κ3) is 3.79. The average molecular weight is 357 g/mol. The van der Waals surface area contributed by atoms with Gasteiger partial charge in [-0.3, -0.25) is 9.59 Å². The van der Waals surface area contributed by atoms with Gasteiger partial charge in [-0.15, -0.1) is 0 Å². The van der Waals surface area contributed by atoms with Crippen molar-refractivity contribution in [3.05, 3.63) is 28.2 Å². The van der Waals surface area contributed by atoms with Gasteiger partial charge in [0.2, 0.25) is 11.8 Å². The van der Waals surface area contributed by atoms with Crippen molar-refractivity contribution in [2.75, 3.05) is 24.6 Å². The number of ether oxygens (including phenoxy) is 1. The van der Waals surface area contributed by atoms with Crippen LogP contribution in [0.25, 0.3) is 0 Å². The maximum Gasteiger partial charge on any atom is 0.227 e. The van der Waals surface area contributed by atoms with Crippen molar-refractivity contribution in [3.8, 4) is 0 Å². The molecule has 2 amide bonds. The lowest BCUT2D eigenvalue weighted by Gasteiger charge is -2.18. The molecule has 0 aromatic heterocycles. The van der Waals surface area contributed by atoms with Gasteiger partial charge in [0.15, 0.2) is 0 Å². The molecule has 5 nitrogen and oxygen atoms in total. The van der Waals surface area contributed by atoms with Crippen LogP contribution in [0.15, 0.2) is 18.2 Å². The molecule has 0 unspecified atom stereocenters. The first-order valence-corrected chi connectivity index (χ1v) is 8.45. The summed E-state index contributed by atoms with van der Waals surface area (Å²) < 4.78 is 5.48. The lowest BCUT2D eigenvalue weighted by molar-refractivity contribution is -0.126. The molecule has 2 saturated heterocycles. The highest BCUT2D eigenvalue weighted by atomic mass is 35.5. The topological polar surface area (TPSA) is 58.6 Å². The van der Waals surface area contributed by atoms with Crippen molar-refractivity contribution in [2.45, 2.75) is 25.4 Å². The molecule has 1 aromatic rings. The quantitative estimate of drug-likeness (QED) is 0.901.